The van der Waals surface area contributed by atoms with Gasteiger partial charge in [0, 0.05) is 0 Å². The van der Waals surface area contributed by atoms with E-state index in [4.69, 9.17) is 0 Å². The molecular formula is C13H16. The van der Waals surface area contributed by atoms with Crippen LogP contribution in [-0.2, 0) is 6.42 Å². The van der Waals surface area contributed by atoms with E-state index < -0.39 is 0 Å². The van der Waals surface area contributed by atoms with Gasteiger partial charge in [0.25, 0.3) is 0 Å². The summed E-state index contributed by atoms with van der Waals surface area (Å²) < 4.78 is 0. The Morgan fingerprint density at radius 3 is 3.00 bits per heavy atom. The lowest BCUT2D eigenvalue weighted by molar-refractivity contribution is 0.789. The average molecular weight is 172 g/mol. The lowest BCUT2D eigenvalue weighted by atomic mass is 9.95. The molecule has 0 nitrogen and oxygen atoms in total. The van der Waals surface area contributed by atoms with Gasteiger partial charge < -0.3 is 0 Å². The van der Waals surface area contributed by atoms with Crippen LogP contribution in [0.5, 0.6) is 0 Å². The number of rotatable bonds is 2. The Hall–Kier alpha value is -0.780. The molecule has 0 heterocycles. The number of hydrogen-bond acceptors (Lipinski definition) is 0. The van der Waals surface area contributed by atoms with E-state index in [1.54, 1.807) is 0 Å². The van der Waals surface area contributed by atoms with Gasteiger partial charge >= 0.3 is 0 Å². The van der Waals surface area contributed by atoms with Gasteiger partial charge in [0.2, 0.25) is 0 Å². The molecule has 0 spiro atoms. The molecule has 0 aromatic heterocycles. The molecule has 1 aliphatic rings. The standard InChI is InChI=1S/C13H16/c1-2-11-6-5-9-13(10-11)12-7-3-4-8-12/h5-7,9-10,12H,1-4,8H2. The third kappa shape index (κ3) is 1.93. The predicted molar refractivity (Wildman–Crippen MR) is 56.4 cm³/mol. The molecule has 0 bridgehead atoms. The largest absolute Gasteiger partial charge is 0.0617 e. The molecule has 2 radical (unpaired) electrons. The van der Waals surface area contributed by atoms with E-state index in [0.29, 0.717) is 5.92 Å². The summed E-state index contributed by atoms with van der Waals surface area (Å²) in [5, 5.41) is 0. The summed E-state index contributed by atoms with van der Waals surface area (Å²) in [5.41, 5.74) is 2.84. The molecule has 1 unspecified atom stereocenters. The highest BCUT2D eigenvalue weighted by molar-refractivity contribution is 5.29. The van der Waals surface area contributed by atoms with E-state index in [9.17, 15) is 0 Å². The first-order chi connectivity index (χ1) is 6.40. The average Bonchev–Trinajstić information content (AvgIpc) is 2.71. The van der Waals surface area contributed by atoms with Crippen molar-refractivity contribution in [1.82, 2.24) is 0 Å². The summed E-state index contributed by atoms with van der Waals surface area (Å²) in [7, 11) is 0. The summed E-state index contributed by atoms with van der Waals surface area (Å²) in [4.78, 5) is 0. The Kier molecular flexibility index (Phi) is 2.68. The van der Waals surface area contributed by atoms with Crippen LogP contribution in [0.4, 0.5) is 0 Å². The van der Waals surface area contributed by atoms with Gasteiger partial charge in [-0.1, -0.05) is 30.7 Å². The fraction of sp³-hybridized carbons (Fsp3) is 0.385. The lowest BCUT2D eigenvalue weighted by Crippen LogP contribution is -1.93. The minimum absolute atomic E-state index is 0.714. The van der Waals surface area contributed by atoms with Crippen LogP contribution >= 0.6 is 0 Å². The smallest absolute Gasteiger partial charge is 0.0131 e. The second-order valence-electron chi connectivity index (χ2n) is 3.77. The molecule has 68 valence electrons. The molecule has 0 N–H and O–H groups in total. The third-order valence-corrected chi connectivity index (χ3v) is 2.84. The van der Waals surface area contributed by atoms with E-state index in [2.05, 4.69) is 37.6 Å². The maximum atomic E-state index is 3.91. The van der Waals surface area contributed by atoms with Crippen LogP contribution in [0.25, 0.3) is 0 Å². The molecule has 1 saturated carbocycles. The SMILES string of the molecule is [CH2]Cc1cccc(C2[CH]CCC2)c1. The molecule has 2 rings (SSSR count). The van der Waals surface area contributed by atoms with Crippen molar-refractivity contribution < 1.29 is 0 Å². The molecule has 0 saturated heterocycles. The van der Waals surface area contributed by atoms with Crippen LogP contribution in [0.3, 0.4) is 0 Å². The maximum absolute atomic E-state index is 3.91. The van der Waals surface area contributed by atoms with Gasteiger partial charge in [0.05, 0.1) is 0 Å². The molecule has 13 heavy (non-hydrogen) atoms. The Balaban J connectivity index is 2.18. The molecule has 0 amide bonds. The number of benzene rings is 1. The minimum Gasteiger partial charge on any atom is -0.0617 e. The van der Waals surface area contributed by atoms with E-state index in [1.807, 2.05) is 0 Å². The van der Waals surface area contributed by atoms with Gasteiger partial charge in [-0.25, -0.2) is 0 Å². The van der Waals surface area contributed by atoms with Crippen LogP contribution < -0.4 is 0 Å². The highest BCUT2D eigenvalue weighted by Gasteiger charge is 2.16. The fourth-order valence-corrected chi connectivity index (χ4v) is 2.06. The molecular weight excluding hydrogens is 156 g/mol. The van der Waals surface area contributed by atoms with E-state index in [1.165, 1.54) is 30.4 Å². The van der Waals surface area contributed by atoms with Crippen LogP contribution in [0.15, 0.2) is 24.3 Å². The molecule has 1 aliphatic carbocycles. The Morgan fingerprint density at radius 2 is 2.31 bits per heavy atom. The predicted octanol–water partition coefficient (Wildman–Crippen LogP) is 3.53. The van der Waals surface area contributed by atoms with Crippen LogP contribution in [0.1, 0.15) is 36.3 Å². The fourth-order valence-electron chi connectivity index (χ4n) is 2.06. The van der Waals surface area contributed by atoms with Crippen molar-refractivity contribution in [3.8, 4) is 0 Å². The highest BCUT2D eigenvalue weighted by Crippen LogP contribution is 2.33. The van der Waals surface area contributed by atoms with Crippen molar-refractivity contribution in [3.63, 3.8) is 0 Å². The first kappa shape index (κ1) is 8.80. The molecule has 1 aromatic carbocycles. The van der Waals surface area contributed by atoms with Gasteiger partial charge in [0.15, 0.2) is 0 Å². The summed E-state index contributed by atoms with van der Waals surface area (Å²) in [6.45, 7) is 3.91. The second kappa shape index (κ2) is 3.95. The summed E-state index contributed by atoms with van der Waals surface area (Å²) >= 11 is 0. The van der Waals surface area contributed by atoms with Gasteiger partial charge in [-0.3, -0.25) is 0 Å². The normalized spacial score (nSPS) is 17.9. The first-order valence-electron chi connectivity index (χ1n) is 5.11. The minimum atomic E-state index is 0.714. The molecule has 1 aromatic rings. The second-order valence-corrected chi connectivity index (χ2v) is 3.77. The highest BCUT2D eigenvalue weighted by atomic mass is 14.2. The van der Waals surface area contributed by atoms with Crippen LogP contribution in [0, 0.1) is 13.3 Å². The zero-order valence-electron chi connectivity index (χ0n) is 8.00. The van der Waals surface area contributed by atoms with Gasteiger partial charge in [0.1, 0.15) is 0 Å². The van der Waals surface area contributed by atoms with Gasteiger partial charge in [-0.15, -0.1) is 0 Å². The van der Waals surface area contributed by atoms with E-state index in [0.717, 1.165) is 6.42 Å². The number of hydrogen-bond donors (Lipinski definition) is 0. The lowest BCUT2D eigenvalue weighted by Gasteiger charge is -2.09. The molecule has 1 fully saturated rings. The van der Waals surface area contributed by atoms with Crippen LogP contribution in [0.2, 0.25) is 0 Å². The Labute approximate surface area is 81.0 Å². The summed E-state index contributed by atoms with van der Waals surface area (Å²) in [6.07, 6.45) is 7.34. The van der Waals surface area contributed by atoms with Crippen molar-refractivity contribution >= 4 is 0 Å². The monoisotopic (exact) mass is 172 g/mol. The van der Waals surface area contributed by atoms with Crippen molar-refractivity contribution in [2.45, 2.75) is 31.6 Å². The van der Waals surface area contributed by atoms with Crippen molar-refractivity contribution in [1.29, 1.82) is 0 Å². The van der Waals surface area contributed by atoms with Crippen molar-refractivity contribution in [2.75, 3.05) is 0 Å². The van der Waals surface area contributed by atoms with E-state index in [-0.39, 0.29) is 0 Å². The third-order valence-electron chi connectivity index (χ3n) is 2.84. The van der Waals surface area contributed by atoms with E-state index >= 15 is 0 Å². The van der Waals surface area contributed by atoms with Crippen LogP contribution in [-0.4, -0.2) is 0 Å². The van der Waals surface area contributed by atoms with Crippen molar-refractivity contribution in [2.24, 2.45) is 0 Å². The quantitative estimate of drug-likeness (QED) is 0.640. The topological polar surface area (TPSA) is 0 Å². The summed E-state index contributed by atoms with van der Waals surface area (Å²) in [5.74, 6) is 0.714. The Bertz CT molecular complexity index is 269. The summed E-state index contributed by atoms with van der Waals surface area (Å²) in [6, 6.07) is 8.86. The maximum Gasteiger partial charge on any atom is -0.0131 e. The first-order valence-corrected chi connectivity index (χ1v) is 5.11. The van der Waals surface area contributed by atoms with Gasteiger partial charge in [-0.2, -0.15) is 0 Å². The zero-order chi connectivity index (χ0) is 9.10. The molecule has 1 atom stereocenters. The molecule has 0 aliphatic heterocycles. The molecule has 0 heteroatoms. The Morgan fingerprint density at radius 1 is 1.38 bits per heavy atom. The zero-order valence-corrected chi connectivity index (χ0v) is 8.00. The van der Waals surface area contributed by atoms with Crippen molar-refractivity contribution in [3.05, 3.63) is 48.7 Å². The van der Waals surface area contributed by atoms with Gasteiger partial charge in [-0.05, 0) is 49.7 Å².